The Morgan fingerprint density at radius 1 is 1.33 bits per heavy atom. The Labute approximate surface area is 94.2 Å². The van der Waals surface area contributed by atoms with E-state index in [2.05, 4.69) is 20.9 Å². The molecule has 1 heterocycles. The molecular formula is C10H7BrN2O2. The zero-order chi connectivity index (χ0) is 10.8. The molecular weight excluding hydrogens is 260 g/mol. The van der Waals surface area contributed by atoms with E-state index in [0.29, 0.717) is 5.33 Å². The molecule has 0 fully saturated rings. The number of pyridine rings is 1. The van der Waals surface area contributed by atoms with Crippen LogP contribution in [0.2, 0.25) is 0 Å². The van der Waals surface area contributed by atoms with Crippen LogP contribution in [-0.2, 0) is 5.33 Å². The topological polar surface area (TPSA) is 56.0 Å². The Kier molecular flexibility index (Phi) is 2.64. The maximum atomic E-state index is 10.5. The Morgan fingerprint density at radius 2 is 2.13 bits per heavy atom. The van der Waals surface area contributed by atoms with Gasteiger partial charge in [-0.25, -0.2) is 0 Å². The minimum Gasteiger partial charge on any atom is -0.258 e. The molecule has 0 aliphatic carbocycles. The number of fused-ring (bicyclic) bond motifs is 1. The third kappa shape index (κ3) is 1.97. The fourth-order valence-electron chi connectivity index (χ4n) is 1.34. The molecule has 1 aromatic carbocycles. The standard InChI is InChI=1S/C10H7BrN2O2/c11-6-8-2-1-7-5-9(13(14)15)3-4-10(7)12-8/h1-5H,6H2. The van der Waals surface area contributed by atoms with E-state index in [-0.39, 0.29) is 5.69 Å². The van der Waals surface area contributed by atoms with Crippen LogP contribution in [0.5, 0.6) is 0 Å². The van der Waals surface area contributed by atoms with E-state index in [1.165, 1.54) is 12.1 Å². The molecule has 0 amide bonds. The number of hydrogen-bond donors (Lipinski definition) is 0. The number of aromatic nitrogens is 1. The van der Waals surface area contributed by atoms with E-state index >= 15 is 0 Å². The van der Waals surface area contributed by atoms with Crippen LogP contribution >= 0.6 is 15.9 Å². The van der Waals surface area contributed by atoms with E-state index in [0.717, 1.165) is 16.6 Å². The first-order valence-corrected chi connectivity index (χ1v) is 5.43. The zero-order valence-electron chi connectivity index (χ0n) is 7.68. The maximum absolute atomic E-state index is 10.5. The highest BCUT2D eigenvalue weighted by Crippen LogP contribution is 2.20. The zero-order valence-corrected chi connectivity index (χ0v) is 9.27. The second-order valence-corrected chi connectivity index (χ2v) is 3.63. The number of halogens is 1. The van der Waals surface area contributed by atoms with Gasteiger partial charge in [0.15, 0.2) is 0 Å². The quantitative estimate of drug-likeness (QED) is 0.477. The summed E-state index contributed by atoms with van der Waals surface area (Å²) in [5.41, 5.74) is 1.78. The molecule has 0 unspecified atom stereocenters. The maximum Gasteiger partial charge on any atom is 0.270 e. The molecule has 4 nitrogen and oxygen atoms in total. The van der Waals surface area contributed by atoms with Crippen LogP contribution in [0.4, 0.5) is 5.69 Å². The molecule has 0 N–H and O–H groups in total. The lowest BCUT2D eigenvalue weighted by molar-refractivity contribution is -0.384. The van der Waals surface area contributed by atoms with Crippen molar-refractivity contribution >= 4 is 32.5 Å². The van der Waals surface area contributed by atoms with Crippen molar-refractivity contribution in [2.24, 2.45) is 0 Å². The minimum absolute atomic E-state index is 0.0934. The number of hydrogen-bond acceptors (Lipinski definition) is 3. The van der Waals surface area contributed by atoms with Crippen molar-refractivity contribution in [3.8, 4) is 0 Å². The molecule has 0 bridgehead atoms. The molecule has 1 aromatic heterocycles. The summed E-state index contributed by atoms with van der Waals surface area (Å²) in [7, 11) is 0. The first-order chi connectivity index (χ1) is 7.20. The van der Waals surface area contributed by atoms with Gasteiger partial charge in [-0.05, 0) is 12.1 Å². The van der Waals surface area contributed by atoms with Gasteiger partial charge < -0.3 is 0 Å². The molecule has 15 heavy (non-hydrogen) atoms. The predicted octanol–water partition coefficient (Wildman–Crippen LogP) is 3.04. The molecule has 0 saturated carbocycles. The van der Waals surface area contributed by atoms with Crippen LogP contribution in [-0.4, -0.2) is 9.91 Å². The Hall–Kier alpha value is -1.49. The monoisotopic (exact) mass is 266 g/mol. The van der Waals surface area contributed by atoms with Gasteiger partial charge in [0.1, 0.15) is 0 Å². The second-order valence-electron chi connectivity index (χ2n) is 3.07. The lowest BCUT2D eigenvalue weighted by Gasteiger charge is -1.99. The summed E-state index contributed by atoms with van der Waals surface area (Å²) in [6.45, 7) is 0. The molecule has 2 aromatic rings. The Balaban J connectivity index is 2.59. The number of non-ortho nitro benzene ring substituents is 1. The Morgan fingerprint density at radius 3 is 2.80 bits per heavy atom. The minimum atomic E-state index is -0.405. The molecule has 0 atom stereocenters. The molecule has 76 valence electrons. The normalized spacial score (nSPS) is 10.5. The number of benzene rings is 1. The summed E-state index contributed by atoms with van der Waals surface area (Å²) in [6.07, 6.45) is 0. The third-order valence-electron chi connectivity index (χ3n) is 2.08. The first-order valence-electron chi connectivity index (χ1n) is 4.31. The molecule has 0 saturated heterocycles. The SMILES string of the molecule is O=[N+]([O-])c1ccc2nc(CBr)ccc2c1. The van der Waals surface area contributed by atoms with Crippen LogP contribution in [0.1, 0.15) is 5.69 Å². The Bertz CT molecular complexity index is 528. The summed E-state index contributed by atoms with van der Waals surface area (Å²) < 4.78 is 0. The number of alkyl halides is 1. The van der Waals surface area contributed by atoms with Crippen LogP contribution in [0.15, 0.2) is 30.3 Å². The van der Waals surface area contributed by atoms with Crippen LogP contribution in [0.3, 0.4) is 0 Å². The van der Waals surface area contributed by atoms with Gasteiger partial charge in [-0.3, -0.25) is 15.1 Å². The molecule has 0 aliphatic rings. The highest BCUT2D eigenvalue weighted by atomic mass is 79.9. The second kappa shape index (κ2) is 3.94. The van der Waals surface area contributed by atoms with Gasteiger partial charge >= 0.3 is 0 Å². The fourth-order valence-corrected chi connectivity index (χ4v) is 1.66. The van der Waals surface area contributed by atoms with Crippen LogP contribution in [0.25, 0.3) is 10.9 Å². The molecule has 0 aliphatic heterocycles. The van der Waals surface area contributed by atoms with Crippen molar-refractivity contribution in [2.45, 2.75) is 5.33 Å². The molecule has 0 radical (unpaired) electrons. The summed E-state index contributed by atoms with van der Waals surface area (Å²) in [5, 5.41) is 12.0. The van der Waals surface area contributed by atoms with E-state index in [1.54, 1.807) is 6.07 Å². The van der Waals surface area contributed by atoms with Crippen molar-refractivity contribution < 1.29 is 4.92 Å². The van der Waals surface area contributed by atoms with Gasteiger partial charge in [0.2, 0.25) is 0 Å². The number of nitro groups is 1. The first kappa shape index (κ1) is 10.0. The average Bonchev–Trinajstić information content (AvgIpc) is 2.27. The van der Waals surface area contributed by atoms with Gasteiger partial charge in [0.25, 0.3) is 5.69 Å². The van der Waals surface area contributed by atoms with Gasteiger partial charge in [-0.2, -0.15) is 0 Å². The van der Waals surface area contributed by atoms with Crippen LogP contribution in [0, 0.1) is 10.1 Å². The van der Waals surface area contributed by atoms with Crippen molar-refractivity contribution in [3.05, 3.63) is 46.1 Å². The molecule has 5 heteroatoms. The molecule has 2 rings (SSSR count). The van der Waals surface area contributed by atoms with E-state index < -0.39 is 4.92 Å². The van der Waals surface area contributed by atoms with Crippen molar-refractivity contribution in [3.63, 3.8) is 0 Å². The lowest BCUT2D eigenvalue weighted by Crippen LogP contribution is -1.90. The van der Waals surface area contributed by atoms with Gasteiger partial charge in [-0.15, -0.1) is 0 Å². The summed E-state index contributed by atoms with van der Waals surface area (Å²) >= 11 is 3.31. The van der Waals surface area contributed by atoms with Crippen molar-refractivity contribution in [2.75, 3.05) is 0 Å². The van der Waals surface area contributed by atoms with Gasteiger partial charge in [-0.1, -0.05) is 22.0 Å². The van der Waals surface area contributed by atoms with E-state index in [1.807, 2.05) is 12.1 Å². The summed E-state index contributed by atoms with van der Waals surface area (Å²) in [4.78, 5) is 14.5. The molecule has 0 spiro atoms. The van der Waals surface area contributed by atoms with Crippen LogP contribution < -0.4 is 0 Å². The fraction of sp³-hybridized carbons (Fsp3) is 0.100. The highest BCUT2D eigenvalue weighted by molar-refractivity contribution is 9.08. The van der Waals surface area contributed by atoms with E-state index in [4.69, 9.17) is 0 Å². The summed E-state index contributed by atoms with van der Waals surface area (Å²) in [5.74, 6) is 0. The van der Waals surface area contributed by atoms with Crippen molar-refractivity contribution in [1.29, 1.82) is 0 Å². The third-order valence-corrected chi connectivity index (χ3v) is 2.65. The highest BCUT2D eigenvalue weighted by Gasteiger charge is 2.06. The largest absolute Gasteiger partial charge is 0.270 e. The number of rotatable bonds is 2. The van der Waals surface area contributed by atoms with E-state index in [9.17, 15) is 10.1 Å². The lowest BCUT2D eigenvalue weighted by atomic mass is 10.2. The van der Waals surface area contributed by atoms with Gasteiger partial charge in [0.05, 0.1) is 16.1 Å². The number of nitro benzene ring substituents is 1. The van der Waals surface area contributed by atoms with Gasteiger partial charge in [0, 0.05) is 22.8 Å². The average molecular weight is 267 g/mol. The smallest absolute Gasteiger partial charge is 0.258 e. The summed E-state index contributed by atoms with van der Waals surface area (Å²) in [6, 6.07) is 8.35. The number of nitrogens with zero attached hydrogens (tertiary/aromatic N) is 2. The van der Waals surface area contributed by atoms with Crippen molar-refractivity contribution in [1.82, 2.24) is 4.98 Å². The predicted molar refractivity (Wildman–Crippen MR) is 61.0 cm³/mol.